The topological polar surface area (TPSA) is 47.3 Å². The van der Waals surface area contributed by atoms with Gasteiger partial charge in [-0.05, 0) is 37.6 Å². The molecular weight excluding hydrogens is 240 g/mol. The number of aliphatic hydroxyl groups excluding tert-OH is 1. The van der Waals surface area contributed by atoms with E-state index in [0.29, 0.717) is 13.2 Å². The van der Waals surface area contributed by atoms with Crippen molar-refractivity contribution in [1.29, 1.82) is 0 Å². The first kappa shape index (κ1) is 13.8. The van der Waals surface area contributed by atoms with Crippen molar-refractivity contribution in [1.82, 2.24) is 9.78 Å². The zero-order valence-electron chi connectivity index (χ0n) is 11.6. The zero-order chi connectivity index (χ0) is 13.8. The number of aromatic nitrogens is 2. The highest BCUT2D eigenvalue weighted by atomic mass is 16.5. The summed E-state index contributed by atoms with van der Waals surface area (Å²) in [5, 5.41) is 14.3. The van der Waals surface area contributed by atoms with Gasteiger partial charge in [0.05, 0.1) is 24.9 Å². The molecular formula is C15H19N2O2. The number of methoxy groups -OCH3 is 1. The lowest BCUT2D eigenvalue weighted by molar-refractivity contribution is 0.0510. The van der Waals surface area contributed by atoms with Crippen molar-refractivity contribution >= 4 is 0 Å². The molecule has 1 N–H and O–H groups in total. The third kappa shape index (κ3) is 3.43. The van der Waals surface area contributed by atoms with Crippen LogP contribution < -0.4 is 0 Å². The van der Waals surface area contributed by atoms with E-state index in [1.807, 2.05) is 38.1 Å². The van der Waals surface area contributed by atoms with E-state index in [2.05, 4.69) is 11.2 Å². The van der Waals surface area contributed by atoms with Gasteiger partial charge < -0.3 is 9.84 Å². The van der Waals surface area contributed by atoms with Crippen LogP contribution in [-0.2, 0) is 11.3 Å². The molecule has 0 amide bonds. The second kappa shape index (κ2) is 5.99. The summed E-state index contributed by atoms with van der Waals surface area (Å²) in [7, 11) is 1.58. The van der Waals surface area contributed by atoms with Crippen LogP contribution in [0.4, 0.5) is 0 Å². The predicted octanol–water partition coefficient (Wildman–Crippen LogP) is 1.97. The maximum atomic E-state index is 9.75. The highest BCUT2D eigenvalue weighted by molar-refractivity contribution is 5.59. The number of rotatable bonds is 5. The van der Waals surface area contributed by atoms with Crippen LogP contribution in [0.5, 0.6) is 0 Å². The molecule has 1 aromatic carbocycles. The Morgan fingerprint density at radius 1 is 1.42 bits per heavy atom. The summed E-state index contributed by atoms with van der Waals surface area (Å²) in [6.45, 7) is 4.74. The lowest BCUT2D eigenvalue weighted by Crippen LogP contribution is -2.22. The molecule has 2 rings (SSSR count). The molecule has 0 fully saturated rings. The van der Waals surface area contributed by atoms with Crippen LogP contribution in [0.2, 0.25) is 0 Å². The summed E-state index contributed by atoms with van der Waals surface area (Å²) in [5.41, 5.74) is 4.06. The first-order chi connectivity index (χ1) is 9.10. The highest BCUT2D eigenvalue weighted by Crippen LogP contribution is 2.19. The van der Waals surface area contributed by atoms with Gasteiger partial charge in [0.1, 0.15) is 0 Å². The van der Waals surface area contributed by atoms with Crippen LogP contribution in [-0.4, -0.2) is 34.7 Å². The zero-order valence-corrected chi connectivity index (χ0v) is 11.6. The molecule has 0 saturated carbocycles. The van der Waals surface area contributed by atoms with Gasteiger partial charge in [-0.3, -0.25) is 4.68 Å². The Labute approximate surface area is 113 Å². The van der Waals surface area contributed by atoms with Gasteiger partial charge in [-0.25, -0.2) is 0 Å². The van der Waals surface area contributed by atoms with Crippen molar-refractivity contribution in [2.45, 2.75) is 26.5 Å². The van der Waals surface area contributed by atoms with Gasteiger partial charge in [0, 0.05) is 18.4 Å². The Kier molecular flexibility index (Phi) is 4.35. The average Bonchev–Trinajstić information content (AvgIpc) is 2.72. The molecule has 4 heteroatoms. The Hall–Kier alpha value is -1.65. The van der Waals surface area contributed by atoms with Crippen LogP contribution >= 0.6 is 0 Å². The van der Waals surface area contributed by atoms with E-state index < -0.39 is 6.10 Å². The molecule has 1 radical (unpaired) electrons. The van der Waals surface area contributed by atoms with Crippen LogP contribution in [0.15, 0.2) is 24.3 Å². The monoisotopic (exact) mass is 259 g/mol. The van der Waals surface area contributed by atoms with Gasteiger partial charge in [-0.2, -0.15) is 5.10 Å². The summed E-state index contributed by atoms with van der Waals surface area (Å²) in [6, 6.07) is 11.2. The first-order valence-corrected chi connectivity index (χ1v) is 6.30. The Balaban J connectivity index is 2.18. The second-order valence-corrected chi connectivity index (χ2v) is 4.72. The molecule has 0 spiro atoms. The molecule has 1 atom stereocenters. The average molecular weight is 259 g/mol. The van der Waals surface area contributed by atoms with Crippen molar-refractivity contribution in [2.75, 3.05) is 13.7 Å². The van der Waals surface area contributed by atoms with Crippen molar-refractivity contribution in [2.24, 2.45) is 0 Å². The summed E-state index contributed by atoms with van der Waals surface area (Å²) < 4.78 is 6.73. The van der Waals surface area contributed by atoms with Gasteiger partial charge >= 0.3 is 0 Å². The highest BCUT2D eigenvalue weighted by Gasteiger charge is 2.10. The van der Waals surface area contributed by atoms with Crippen LogP contribution in [0.1, 0.15) is 11.3 Å². The maximum absolute atomic E-state index is 9.75. The fourth-order valence-corrected chi connectivity index (χ4v) is 1.94. The van der Waals surface area contributed by atoms with E-state index in [1.165, 1.54) is 0 Å². The Bertz CT molecular complexity index is 532. The van der Waals surface area contributed by atoms with Crippen LogP contribution in [0.25, 0.3) is 11.3 Å². The Morgan fingerprint density at radius 3 is 2.84 bits per heavy atom. The van der Waals surface area contributed by atoms with Gasteiger partial charge in [0.25, 0.3) is 0 Å². The number of nitrogens with zero attached hydrogens (tertiary/aromatic N) is 2. The number of benzene rings is 1. The van der Waals surface area contributed by atoms with E-state index in [-0.39, 0.29) is 0 Å². The second-order valence-electron chi connectivity index (χ2n) is 4.72. The van der Waals surface area contributed by atoms with Gasteiger partial charge in [0.2, 0.25) is 0 Å². The van der Waals surface area contributed by atoms with Crippen molar-refractivity contribution in [3.63, 3.8) is 0 Å². The fraction of sp³-hybridized carbons (Fsp3) is 0.400. The van der Waals surface area contributed by atoms with E-state index in [9.17, 15) is 5.11 Å². The van der Waals surface area contributed by atoms with Crippen molar-refractivity contribution in [3.8, 4) is 11.3 Å². The first-order valence-electron chi connectivity index (χ1n) is 6.30. The minimum Gasteiger partial charge on any atom is -0.389 e. The van der Waals surface area contributed by atoms with Gasteiger partial charge in [-0.1, -0.05) is 12.1 Å². The molecule has 0 aliphatic rings. The standard InChI is InChI=1S/C15H19N2O2/c1-11-4-6-13(7-5-11)15-8-12(2)17(16-15)9-14(18)10-19-3/h4,6-8,14,18H,9-10H2,1-3H3/t14-/m1/s1. The molecule has 0 aliphatic carbocycles. The van der Waals surface area contributed by atoms with E-state index >= 15 is 0 Å². The van der Waals surface area contributed by atoms with E-state index in [0.717, 1.165) is 22.5 Å². The molecule has 4 nitrogen and oxygen atoms in total. The summed E-state index contributed by atoms with van der Waals surface area (Å²) >= 11 is 0. The van der Waals surface area contributed by atoms with Crippen molar-refractivity contribution in [3.05, 3.63) is 41.6 Å². The number of ether oxygens (including phenoxy) is 1. The molecule has 0 bridgehead atoms. The molecule has 2 aromatic rings. The summed E-state index contributed by atoms with van der Waals surface area (Å²) in [5.74, 6) is 0. The van der Waals surface area contributed by atoms with Crippen molar-refractivity contribution < 1.29 is 9.84 Å². The smallest absolute Gasteiger partial charge is 0.0968 e. The molecule has 101 valence electrons. The fourth-order valence-electron chi connectivity index (χ4n) is 1.94. The molecule has 0 aliphatic heterocycles. The molecule has 1 heterocycles. The van der Waals surface area contributed by atoms with Crippen LogP contribution in [0.3, 0.4) is 0 Å². The van der Waals surface area contributed by atoms with Gasteiger partial charge in [0.15, 0.2) is 0 Å². The minimum absolute atomic E-state index is 0.312. The maximum Gasteiger partial charge on any atom is 0.0968 e. The predicted molar refractivity (Wildman–Crippen MR) is 73.9 cm³/mol. The van der Waals surface area contributed by atoms with Gasteiger partial charge in [-0.15, -0.1) is 0 Å². The molecule has 1 aromatic heterocycles. The number of hydrogen-bond donors (Lipinski definition) is 1. The SMILES string of the molecule is COC[C@H](O)Cn1nc(-c2c[c]c(C)cc2)cc1C. The molecule has 0 unspecified atom stereocenters. The normalized spacial score (nSPS) is 12.6. The molecule has 19 heavy (non-hydrogen) atoms. The van der Waals surface area contributed by atoms with E-state index in [4.69, 9.17) is 4.74 Å². The third-order valence-corrected chi connectivity index (χ3v) is 2.99. The lowest BCUT2D eigenvalue weighted by Gasteiger charge is -2.10. The number of aliphatic hydroxyl groups is 1. The van der Waals surface area contributed by atoms with E-state index in [1.54, 1.807) is 11.8 Å². The summed E-state index contributed by atoms with van der Waals surface area (Å²) in [6.07, 6.45) is -0.541. The Morgan fingerprint density at radius 2 is 2.21 bits per heavy atom. The minimum atomic E-state index is -0.541. The lowest BCUT2D eigenvalue weighted by atomic mass is 10.1. The van der Waals surface area contributed by atoms with Crippen LogP contribution in [0, 0.1) is 19.9 Å². The quantitative estimate of drug-likeness (QED) is 0.893. The third-order valence-electron chi connectivity index (χ3n) is 2.99. The number of hydrogen-bond acceptors (Lipinski definition) is 3. The summed E-state index contributed by atoms with van der Waals surface area (Å²) in [4.78, 5) is 0. The molecule has 0 saturated heterocycles. The largest absolute Gasteiger partial charge is 0.389 e. The number of aryl methyl sites for hydroxylation is 2.